The lowest BCUT2D eigenvalue weighted by atomic mass is 9.94. The second-order valence-corrected chi connectivity index (χ2v) is 6.49. The molecule has 1 aromatic carbocycles. The summed E-state index contributed by atoms with van der Waals surface area (Å²) in [6, 6.07) is 3.81. The molecule has 0 aliphatic carbocycles. The van der Waals surface area contributed by atoms with Gasteiger partial charge in [-0.3, -0.25) is 14.3 Å². The maximum Gasteiger partial charge on any atom is 0.325 e. The Hall–Kier alpha value is -3.29. The maximum atomic E-state index is 12.0. The number of carbonyl (C=O) groups excluding carboxylic acids is 1. The van der Waals surface area contributed by atoms with Gasteiger partial charge in [-0.25, -0.2) is 9.97 Å². The molecule has 0 amide bonds. The minimum atomic E-state index is -1.01. The van der Waals surface area contributed by atoms with E-state index in [1.165, 1.54) is 11.6 Å². The lowest BCUT2D eigenvalue weighted by Crippen LogP contribution is -2.23. The van der Waals surface area contributed by atoms with E-state index in [2.05, 4.69) is 15.1 Å². The number of Topliss-reactive ketones (excluding diaryl/α,β-unsaturated/α-hetero) is 1. The van der Waals surface area contributed by atoms with E-state index < -0.39 is 5.97 Å². The molecule has 1 aliphatic heterocycles. The van der Waals surface area contributed by atoms with E-state index in [1.54, 1.807) is 6.20 Å². The van der Waals surface area contributed by atoms with Crippen LogP contribution in [0.3, 0.4) is 0 Å². The number of hydrogen-bond donors (Lipinski definition) is 1. The molecule has 0 spiro atoms. The Labute approximate surface area is 149 Å². The zero-order valence-corrected chi connectivity index (χ0v) is 14.6. The van der Waals surface area contributed by atoms with Crippen LogP contribution in [0, 0.1) is 6.92 Å². The predicted molar refractivity (Wildman–Crippen MR) is 95.2 cm³/mol. The summed E-state index contributed by atoms with van der Waals surface area (Å²) in [6.07, 6.45) is 1.78. The van der Waals surface area contributed by atoms with Gasteiger partial charge in [0, 0.05) is 37.7 Å². The number of nitrogens with zero attached hydrogens (tertiary/aromatic N) is 5. The van der Waals surface area contributed by atoms with E-state index in [0.717, 1.165) is 22.5 Å². The third-order valence-electron chi connectivity index (χ3n) is 4.54. The van der Waals surface area contributed by atoms with E-state index >= 15 is 0 Å². The highest BCUT2D eigenvalue weighted by Crippen LogP contribution is 2.39. The Morgan fingerprint density at radius 1 is 1.27 bits per heavy atom. The van der Waals surface area contributed by atoms with Crippen LogP contribution in [0.5, 0.6) is 0 Å². The standard InChI is InChI=1S/C18H17N5O3/c1-9(24)17-13-5-12-11(4-15(13)23(21-17)8-16(25)26)7-22(3)18-14(12)6-19-10(2)20-18/h4-6H,7-8H2,1-3H3,(H,25,26). The number of anilines is 1. The lowest BCUT2D eigenvalue weighted by molar-refractivity contribution is -0.137. The number of benzene rings is 1. The van der Waals surface area contributed by atoms with Crippen LogP contribution in [-0.2, 0) is 17.9 Å². The molecule has 0 saturated carbocycles. The summed E-state index contributed by atoms with van der Waals surface area (Å²) in [6.45, 7) is 3.61. The molecule has 0 fully saturated rings. The summed E-state index contributed by atoms with van der Waals surface area (Å²) >= 11 is 0. The quantitative estimate of drug-likeness (QED) is 0.721. The van der Waals surface area contributed by atoms with Crippen LogP contribution in [0.2, 0.25) is 0 Å². The average Bonchev–Trinajstić information content (AvgIpc) is 2.91. The fraction of sp³-hybridized carbons (Fsp3) is 0.278. The number of hydrogen-bond acceptors (Lipinski definition) is 6. The van der Waals surface area contributed by atoms with E-state index in [9.17, 15) is 9.59 Å². The molecule has 26 heavy (non-hydrogen) atoms. The number of fused-ring (bicyclic) bond motifs is 4. The van der Waals surface area contributed by atoms with Crippen molar-refractivity contribution in [2.45, 2.75) is 26.9 Å². The number of aromatic nitrogens is 4. The Bertz CT molecular complexity index is 1090. The molecule has 0 radical (unpaired) electrons. The van der Waals surface area contributed by atoms with Crippen LogP contribution in [-0.4, -0.2) is 43.7 Å². The third-order valence-corrected chi connectivity index (χ3v) is 4.54. The largest absolute Gasteiger partial charge is 0.480 e. The number of aliphatic carboxylic acids is 1. The summed E-state index contributed by atoms with van der Waals surface area (Å²) in [5, 5.41) is 14.0. The monoisotopic (exact) mass is 351 g/mol. The molecule has 3 aromatic rings. The van der Waals surface area contributed by atoms with Gasteiger partial charge in [-0.05, 0) is 30.2 Å². The molecule has 4 rings (SSSR count). The normalized spacial score (nSPS) is 12.8. The number of carbonyl (C=O) groups is 2. The van der Waals surface area contributed by atoms with Gasteiger partial charge in [0.25, 0.3) is 0 Å². The first kappa shape index (κ1) is 16.2. The molecule has 2 aromatic heterocycles. The number of aryl methyl sites for hydroxylation is 1. The Morgan fingerprint density at radius 3 is 2.73 bits per heavy atom. The van der Waals surface area contributed by atoms with Crippen LogP contribution in [0.1, 0.15) is 28.8 Å². The number of rotatable bonds is 3. The lowest BCUT2D eigenvalue weighted by Gasteiger charge is -2.28. The van der Waals surface area contributed by atoms with Gasteiger partial charge in [-0.2, -0.15) is 5.10 Å². The molecule has 1 N–H and O–H groups in total. The highest BCUT2D eigenvalue weighted by atomic mass is 16.4. The smallest absolute Gasteiger partial charge is 0.325 e. The van der Waals surface area contributed by atoms with Gasteiger partial charge in [-0.15, -0.1) is 0 Å². The zero-order chi connectivity index (χ0) is 18.6. The third kappa shape index (κ3) is 2.42. The van der Waals surface area contributed by atoms with E-state index in [1.807, 2.05) is 31.0 Å². The summed E-state index contributed by atoms with van der Waals surface area (Å²) in [7, 11) is 1.95. The first-order valence-electron chi connectivity index (χ1n) is 8.16. The molecule has 1 aliphatic rings. The maximum absolute atomic E-state index is 12.0. The summed E-state index contributed by atoms with van der Waals surface area (Å²) in [5.74, 6) is 0.325. The summed E-state index contributed by atoms with van der Waals surface area (Å²) in [5.41, 5.74) is 3.77. The first-order valence-corrected chi connectivity index (χ1v) is 8.16. The van der Waals surface area contributed by atoms with Gasteiger partial charge in [0.2, 0.25) is 0 Å². The van der Waals surface area contributed by atoms with Crippen molar-refractivity contribution in [3.63, 3.8) is 0 Å². The molecule has 0 bridgehead atoms. The van der Waals surface area contributed by atoms with Crippen LogP contribution in [0.25, 0.3) is 22.0 Å². The first-order chi connectivity index (χ1) is 12.3. The minimum Gasteiger partial charge on any atom is -0.480 e. The van der Waals surface area contributed by atoms with Crippen molar-refractivity contribution in [1.82, 2.24) is 19.7 Å². The Balaban J connectivity index is 2.01. The van der Waals surface area contributed by atoms with E-state index in [-0.39, 0.29) is 18.0 Å². The molecule has 0 atom stereocenters. The second-order valence-electron chi connectivity index (χ2n) is 6.49. The Morgan fingerprint density at radius 2 is 2.04 bits per heavy atom. The van der Waals surface area contributed by atoms with Crippen LogP contribution >= 0.6 is 0 Å². The second kappa shape index (κ2) is 5.62. The molecule has 132 valence electrons. The van der Waals surface area contributed by atoms with Gasteiger partial charge < -0.3 is 10.0 Å². The van der Waals surface area contributed by atoms with Gasteiger partial charge in [0.15, 0.2) is 5.78 Å². The Kier molecular flexibility index (Phi) is 3.50. The fourth-order valence-electron chi connectivity index (χ4n) is 3.42. The molecule has 8 nitrogen and oxygen atoms in total. The number of carboxylic acids is 1. The molecule has 0 saturated heterocycles. The highest BCUT2D eigenvalue weighted by molar-refractivity contribution is 6.06. The SMILES string of the molecule is CC(=O)c1nn(CC(=O)O)c2cc3c(cc12)-c1cnc(C)nc1N(C)C3. The fourth-order valence-corrected chi connectivity index (χ4v) is 3.42. The van der Waals surface area contributed by atoms with Crippen molar-refractivity contribution in [2.75, 3.05) is 11.9 Å². The molecular formula is C18H17N5O3. The summed E-state index contributed by atoms with van der Waals surface area (Å²) in [4.78, 5) is 34.0. The van der Waals surface area contributed by atoms with Gasteiger partial charge >= 0.3 is 5.97 Å². The van der Waals surface area contributed by atoms with Crippen molar-refractivity contribution in [1.29, 1.82) is 0 Å². The van der Waals surface area contributed by atoms with Gasteiger partial charge in [-0.1, -0.05) is 0 Å². The van der Waals surface area contributed by atoms with Gasteiger partial charge in [0.05, 0.1) is 5.52 Å². The van der Waals surface area contributed by atoms with Crippen molar-refractivity contribution in [3.05, 3.63) is 35.4 Å². The molecule has 0 unspecified atom stereocenters. The van der Waals surface area contributed by atoms with E-state index in [0.29, 0.717) is 23.3 Å². The zero-order valence-electron chi connectivity index (χ0n) is 14.6. The molecule has 3 heterocycles. The molecule has 8 heteroatoms. The number of carboxylic acid groups (broad SMARTS) is 1. The van der Waals surface area contributed by atoms with Crippen LogP contribution in [0.4, 0.5) is 5.82 Å². The van der Waals surface area contributed by atoms with Crippen molar-refractivity contribution >= 4 is 28.5 Å². The van der Waals surface area contributed by atoms with Gasteiger partial charge in [0.1, 0.15) is 23.9 Å². The highest BCUT2D eigenvalue weighted by Gasteiger charge is 2.25. The molecular weight excluding hydrogens is 334 g/mol. The topological polar surface area (TPSA) is 101 Å². The van der Waals surface area contributed by atoms with E-state index in [4.69, 9.17) is 5.11 Å². The van der Waals surface area contributed by atoms with Crippen LogP contribution < -0.4 is 4.90 Å². The summed E-state index contributed by atoms with van der Waals surface area (Å²) < 4.78 is 1.37. The number of ketones is 1. The average molecular weight is 351 g/mol. The van der Waals surface area contributed by atoms with Crippen LogP contribution in [0.15, 0.2) is 18.3 Å². The van der Waals surface area contributed by atoms with Crippen molar-refractivity contribution in [2.24, 2.45) is 0 Å². The van der Waals surface area contributed by atoms with Crippen molar-refractivity contribution < 1.29 is 14.7 Å². The van der Waals surface area contributed by atoms with Crippen molar-refractivity contribution in [3.8, 4) is 11.1 Å². The minimum absolute atomic E-state index is 0.201. The predicted octanol–water partition coefficient (Wildman–Crippen LogP) is 2.04.